The Morgan fingerprint density at radius 2 is 2.14 bits per heavy atom. The smallest absolute Gasteiger partial charge is 0.241 e. The number of benzene rings is 1. The van der Waals surface area contributed by atoms with Crippen LogP contribution in [0.4, 0.5) is 10.1 Å². The number of nitrogens with one attached hydrogen (secondary N) is 1. The van der Waals surface area contributed by atoms with Crippen LogP contribution in [0, 0.1) is 12.7 Å². The number of halogens is 1. The van der Waals surface area contributed by atoms with E-state index in [1.165, 1.54) is 24.3 Å². The minimum absolute atomic E-state index is 0.125. The molecular weight excluding hydrogens is 311 g/mol. The second-order valence-corrected chi connectivity index (χ2v) is 7.41. The Morgan fingerprint density at radius 3 is 2.67 bits per heavy atom. The summed E-state index contributed by atoms with van der Waals surface area (Å²) in [6.45, 7) is 3.39. The zero-order valence-corrected chi connectivity index (χ0v) is 13.4. The van der Waals surface area contributed by atoms with Crippen molar-refractivity contribution in [1.82, 2.24) is 4.72 Å². The Morgan fingerprint density at radius 1 is 1.43 bits per heavy atom. The SMILES string of the molecule is CCC(NS(=O)(=O)c1cc(N)c(C)c(F)c1)c1cccs1. The molecule has 21 heavy (non-hydrogen) atoms. The van der Waals surface area contributed by atoms with Crippen molar-refractivity contribution in [3.8, 4) is 0 Å². The molecule has 0 radical (unpaired) electrons. The predicted octanol–water partition coefficient (Wildman–Crippen LogP) is 3.21. The average molecular weight is 328 g/mol. The molecule has 3 N–H and O–H groups in total. The quantitative estimate of drug-likeness (QED) is 0.828. The van der Waals surface area contributed by atoms with Crippen molar-refractivity contribution in [1.29, 1.82) is 0 Å². The molecule has 2 aromatic rings. The van der Waals surface area contributed by atoms with Crippen LogP contribution in [0.15, 0.2) is 34.5 Å². The third-order valence-electron chi connectivity index (χ3n) is 3.26. The van der Waals surface area contributed by atoms with Gasteiger partial charge in [0.25, 0.3) is 0 Å². The molecule has 1 atom stereocenters. The maximum Gasteiger partial charge on any atom is 0.241 e. The maximum absolute atomic E-state index is 13.7. The molecule has 0 aliphatic heterocycles. The number of thiophene rings is 1. The summed E-state index contributed by atoms with van der Waals surface area (Å²) < 4.78 is 41.1. The van der Waals surface area contributed by atoms with E-state index < -0.39 is 15.8 Å². The van der Waals surface area contributed by atoms with Gasteiger partial charge in [0.05, 0.1) is 10.9 Å². The van der Waals surface area contributed by atoms with Crippen LogP contribution in [0.3, 0.4) is 0 Å². The van der Waals surface area contributed by atoms with Gasteiger partial charge in [0.15, 0.2) is 0 Å². The maximum atomic E-state index is 13.7. The highest BCUT2D eigenvalue weighted by Crippen LogP contribution is 2.26. The molecule has 1 heterocycles. The Kier molecular flexibility index (Phi) is 4.65. The first-order valence-corrected chi connectivity index (χ1v) is 8.82. The van der Waals surface area contributed by atoms with Crippen molar-refractivity contribution in [2.24, 2.45) is 0 Å². The second kappa shape index (κ2) is 6.13. The Balaban J connectivity index is 2.34. The summed E-state index contributed by atoms with van der Waals surface area (Å²) in [7, 11) is -3.82. The van der Waals surface area contributed by atoms with Crippen LogP contribution >= 0.6 is 11.3 Å². The van der Waals surface area contributed by atoms with Crippen molar-refractivity contribution < 1.29 is 12.8 Å². The van der Waals surface area contributed by atoms with Crippen LogP contribution in [-0.4, -0.2) is 8.42 Å². The molecule has 0 saturated heterocycles. The van der Waals surface area contributed by atoms with Crippen LogP contribution in [0.1, 0.15) is 29.8 Å². The topological polar surface area (TPSA) is 72.2 Å². The molecule has 0 saturated carbocycles. The number of sulfonamides is 1. The largest absolute Gasteiger partial charge is 0.398 e. The van der Waals surface area contributed by atoms with E-state index in [0.29, 0.717) is 6.42 Å². The van der Waals surface area contributed by atoms with Gasteiger partial charge in [-0.1, -0.05) is 13.0 Å². The molecule has 4 nitrogen and oxygen atoms in total. The molecule has 7 heteroatoms. The Labute approximate surface area is 127 Å². The Hall–Kier alpha value is -1.44. The van der Waals surface area contributed by atoms with E-state index >= 15 is 0 Å². The van der Waals surface area contributed by atoms with Crippen molar-refractivity contribution in [2.75, 3.05) is 5.73 Å². The fourth-order valence-electron chi connectivity index (χ4n) is 1.92. The number of rotatable bonds is 5. The van der Waals surface area contributed by atoms with E-state index in [0.717, 1.165) is 10.9 Å². The molecule has 0 bridgehead atoms. The number of anilines is 1. The third kappa shape index (κ3) is 3.42. The van der Waals surface area contributed by atoms with Gasteiger partial charge in [-0.05, 0) is 36.9 Å². The van der Waals surface area contributed by atoms with Crippen LogP contribution in [-0.2, 0) is 10.0 Å². The number of hydrogen-bond donors (Lipinski definition) is 2. The monoisotopic (exact) mass is 328 g/mol. The van der Waals surface area contributed by atoms with Crippen molar-refractivity contribution >= 4 is 27.0 Å². The van der Waals surface area contributed by atoms with Crippen LogP contribution in [0.2, 0.25) is 0 Å². The first kappa shape index (κ1) is 15.9. The molecule has 0 aliphatic rings. The van der Waals surface area contributed by atoms with Gasteiger partial charge in [-0.25, -0.2) is 17.5 Å². The number of nitrogen functional groups attached to an aromatic ring is 1. The van der Waals surface area contributed by atoms with Gasteiger partial charge in [0, 0.05) is 16.1 Å². The molecule has 2 rings (SSSR count). The number of hydrogen-bond acceptors (Lipinski definition) is 4. The zero-order chi connectivity index (χ0) is 15.6. The van der Waals surface area contributed by atoms with E-state index in [-0.39, 0.29) is 22.2 Å². The van der Waals surface area contributed by atoms with Gasteiger partial charge in [0.2, 0.25) is 10.0 Å². The van der Waals surface area contributed by atoms with Gasteiger partial charge < -0.3 is 5.73 Å². The molecular formula is C14H17FN2O2S2. The van der Waals surface area contributed by atoms with Gasteiger partial charge in [-0.3, -0.25) is 0 Å². The lowest BCUT2D eigenvalue weighted by molar-refractivity contribution is 0.550. The fraction of sp³-hybridized carbons (Fsp3) is 0.286. The van der Waals surface area contributed by atoms with Gasteiger partial charge in [-0.15, -0.1) is 11.3 Å². The zero-order valence-electron chi connectivity index (χ0n) is 11.8. The first-order chi connectivity index (χ1) is 9.85. The highest BCUT2D eigenvalue weighted by Gasteiger charge is 2.22. The highest BCUT2D eigenvalue weighted by molar-refractivity contribution is 7.89. The van der Waals surface area contributed by atoms with Crippen LogP contribution in [0.5, 0.6) is 0 Å². The highest BCUT2D eigenvalue weighted by atomic mass is 32.2. The normalized spacial score (nSPS) is 13.3. The molecule has 0 amide bonds. The van der Waals surface area contributed by atoms with E-state index in [4.69, 9.17) is 5.73 Å². The standard InChI is InChI=1S/C14H17FN2O2S2/c1-3-13(14-5-4-6-20-14)17-21(18,19)10-7-11(15)9(2)12(16)8-10/h4-8,13,17H,3,16H2,1-2H3. The third-order valence-corrected chi connectivity index (χ3v) is 5.70. The van der Waals surface area contributed by atoms with Gasteiger partial charge >= 0.3 is 0 Å². The van der Waals surface area contributed by atoms with Crippen molar-refractivity contribution in [3.05, 3.63) is 45.9 Å². The summed E-state index contributed by atoms with van der Waals surface area (Å²) in [5.41, 5.74) is 6.02. The molecule has 1 aromatic heterocycles. The van der Waals surface area contributed by atoms with Crippen molar-refractivity contribution in [3.63, 3.8) is 0 Å². The minimum Gasteiger partial charge on any atom is -0.398 e. The molecule has 1 aromatic carbocycles. The second-order valence-electron chi connectivity index (χ2n) is 4.72. The Bertz CT molecular complexity index is 704. The first-order valence-electron chi connectivity index (χ1n) is 6.46. The fourth-order valence-corrected chi connectivity index (χ4v) is 4.20. The molecule has 0 aliphatic carbocycles. The van der Waals surface area contributed by atoms with Gasteiger partial charge in [-0.2, -0.15) is 0 Å². The lowest BCUT2D eigenvalue weighted by Crippen LogP contribution is -2.28. The van der Waals surface area contributed by atoms with Crippen molar-refractivity contribution in [2.45, 2.75) is 31.2 Å². The summed E-state index contributed by atoms with van der Waals surface area (Å²) in [6.07, 6.45) is 0.601. The summed E-state index contributed by atoms with van der Waals surface area (Å²) in [5.74, 6) is -0.625. The summed E-state index contributed by atoms with van der Waals surface area (Å²) in [4.78, 5) is 0.764. The summed E-state index contributed by atoms with van der Waals surface area (Å²) in [6, 6.07) is 5.67. The van der Waals surface area contributed by atoms with Crippen LogP contribution < -0.4 is 10.5 Å². The molecule has 0 fully saturated rings. The lowest BCUT2D eigenvalue weighted by Gasteiger charge is -2.16. The van der Waals surface area contributed by atoms with Crippen LogP contribution in [0.25, 0.3) is 0 Å². The van der Waals surface area contributed by atoms with E-state index in [1.54, 1.807) is 0 Å². The average Bonchev–Trinajstić information content (AvgIpc) is 2.95. The predicted molar refractivity (Wildman–Crippen MR) is 83.2 cm³/mol. The number of nitrogens with two attached hydrogens (primary N) is 1. The van der Waals surface area contributed by atoms with E-state index in [2.05, 4.69) is 4.72 Å². The minimum atomic E-state index is -3.82. The van der Waals surface area contributed by atoms with Gasteiger partial charge in [0.1, 0.15) is 5.82 Å². The summed E-state index contributed by atoms with van der Waals surface area (Å²) >= 11 is 1.47. The van der Waals surface area contributed by atoms with E-state index in [1.807, 2.05) is 24.4 Å². The molecule has 114 valence electrons. The molecule has 0 spiro atoms. The summed E-state index contributed by atoms with van der Waals surface area (Å²) in [5, 5.41) is 1.88. The van der Waals surface area contributed by atoms with E-state index in [9.17, 15) is 12.8 Å². The molecule has 1 unspecified atom stereocenters. The lowest BCUT2D eigenvalue weighted by atomic mass is 10.2.